The van der Waals surface area contributed by atoms with Crippen LogP contribution in [0, 0.1) is 0 Å². The molecule has 0 aromatic rings. The van der Waals surface area contributed by atoms with Gasteiger partial charge in [-0.25, -0.2) is 14.8 Å². The van der Waals surface area contributed by atoms with Gasteiger partial charge in [-0.2, -0.15) is 9.85 Å². The molecule has 0 bridgehead atoms. The fraction of sp³-hybridized carbons (Fsp3) is 0.875. The van der Waals surface area contributed by atoms with Gasteiger partial charge in [-0.3, -0.25) is 4.79 Å². The first-order valence-corrected chi connectivity index (χ1v) is 12.3. The predicted molar refractivity (Wildman–Crippen MR) is 126 cm³/mol. The van der Waals surface area contributed by atoms with Gasteiger partial charge in [-0.05, 0) is 60.2 Å². The molecule has 2 aliphatic rings. The summed E-state index contributed by atoms with van der Waals surface area (Å²) < 4.78 is -1.49. The van der Waals surface area contributed by atoms with Gasteiger partial charge in [0, 0.05) is 25.7 Å². The van der Waals surface area contributed by atoms with Crippen LogP contribution < -0.4 is 0 Å². The van der Waals surface area contributed by atoms with Crippen LogP contribution in [0.3, 0.4) is 0 Å². The summed E-state index contributed by atoms with van der Waals surface area (Å²) in [4.78, 5) is 42.6. The maximum absolute atomic E-state index is 13.1. The molecule has 0 amide bonds. The fourth-order valence-corrected chi connectivity index (χ4v) is 7.09. The number of rotatable bonds is 8. The van der Waals surface area contributed by atoms with Gasteiger partial charge < -0.3 is 25.5 Å². The molecule has 0 aromatic carbocycles. The first-order chi connectivity index (χ1) is 16.3. The summed E-state index contributed by atoms with van der Waals surface area (Å²) in [6, 6.07) is -2.46. The molecule has 0 radical (unpaired) electrons. The Morgan fingerprint density at radius 2 is 1.14 bits per heavy atom. The molecule has 7 N–H and O–H groups in total. The lowest BCUT2D eigenvalue weighted by atomic mass is 9.72. The summed E-state index contributed by atoms with van der Waals surface area (Å²) in [6.45, 7) is 11.7. The van der Waals surface area contributed by atoms with Crippen molar-refractivity contribution in [2.45, 2.75) is 134 Å². The van der Waals surface area contributed by atoms with Crippen molar-refractivity contribution in [3.8, 4) is 0 Å². The minimum absolute atomic E-state index is 0.0737. The summed E-state index contributed by atoms with van der Waals surface area (Å²) in [7, 11) is 0. The van der Waals surface area contributed by atoms with E-state index in [1.807, 2.05) is 0 Å². The van der Waals surface area contributed by atoms with Gasteiger partial charge in [-0.1, -0.05) is 0 Å². The molecule has 0 spiro atoms. The van der Waals surface area contributed by atoms with Crippen LogP contribution in [0.1, 0.15) is 87.5 Å². The quantitative estimate of drug-likeness (QED) is 0.222. The van der Waals surface area contributed by atoms with Gasteiger partial charge in [-0.15, -0.1) is 4.84 Å². The second-order valence-electron chi connectivity index (χ2n) is 13.2. The zero-order valence-electron chi connectivity index (χ0n) is 22.9. The number of hydrogen-bond acceptors (Lipinski definition) is 8. The van der Waals surface area contributed by atoms with E-state index < -0.39 is 79.8 Å². The number of carboxylic acid groups (broad SMARTS) is 3. The maximum Gasteiger partial charge on any atom is 0.369 e. The number of hydrogen-bond donors (Lipinski definition) is 7. The molecular formula is C24H44N2O11+2. The van der Waals surface area contributed by atoms with Crippen LogP contribution in [-0.2, 0) is 19.2 Å². The highest BCUT2D eigenvalue weighted by molar-refractivity contribution is 5.91. The van der Waals surface area contributed by atoms with E-state index in [4.69, 9.17) is 4.84 Å². The molecule has 2 atom stereocenters. The van der Waals surface area contributed by atoms with E-state index in [-0.39, 0.29) is 25.7 Å². The predicted octanol–water partition coefficient (Wildman–Crippen LogP) is 1.51. The molecular weight excluding hydrogens is 492 g/mol. The Hall–Kier alpha value is -1.87. The molecule has 2 unspecified atom stereocenters. The molecule has 37 heavy (non-hydrogen) atoms. The third-order valence-corrected chi connectivity index (χ3v) is 8.55. The van der Waals surface area contributed by atoms with Crippen LogP contribution in [0.5, 0.6) is 0 Å². The van der Waals surface area contributed by atoms with Crippen molar-refractivity contribution in [1.29, 1.82) is 0 Å². The van der Waals surface area contributed by atoms with Crippen LogP contribution in [-0.4, -0.2) is 109 Å². The summed E-state index contributed by atoms with van der Waals surface area (Å²) in [6.07, 6.45) is -3.66. The van der Waals surface area contributed by atoms with E-state index in [1.54, 1.807) is 0 Å². The lowest BCUT2D eigenvalue weighted by Crippen LogP contribution is -2.85. The largest absolute Gasteiger partial charge is 0.481 e. The van der Waals surface area contributed by atoms with Gasteiger partial charge in [0.25, 0.3) is 6.04 Å². The normalized spacial score (nSPS) is 36.6. The summed E-state index contributed by atoms with van der Waals surface area (Å²) in [5.41, 5.74) is -9.03. The Kier molecular flexibility index (Phi) is 7.72. The lowest BCUT2D eigenvalue weighted by Gasteiger charge is -2.61. The van der Waals surface area contributed by atoms with Crippen LogP contribution in [0.25, 0.3) is 0 Å². The zero-order chi connectivity index (χ0) is 29.2. The van der Waals surface area contributed by atoms with Gasteiger partial charge in [0.2, 0.25) is 0 Å². The van der Waals surface area contributed by atoms with Gasteiger partial charge in [0.05, 0.1) is 18.6 Å². The molecule has 2 aliphatic heterocycles. The number of carboxylic acids is 3. The number of likely N-dealkylation sites (tertiary alicyclic amines) is 1. The highest BCUT2D eigenvalue weighted by Gasteiger charge is 2.78. The van der Waals surface area contributed by atoms with Crippen molar-refractivity contribution in [2.24, 2.45) is 0 Å². The standard InChI is InChI=1S/C24H42N2O11/c1-20(2)9-14(27)10-21(3,4)25(20,35)17(18(31)32)24(19(33)34,13-16(29)30)37-26(36)22(5,6)11-15(28)12-23(26,7)8/h14-15,17,27-28,35-36H,9-13H2,1-8H3,(H-2,29,30,31,32,33,34)/p+2. The third kappa shape index (κ3) is 4.64. The molecule has 2 heterocycles. The second kappa shape index (κ2) is 9.11. The van der Waals surface area contributed by atoms with Crippen molar-refractivity contribution >= 4 is 17.9 Å². The monoisotopic (exact) mass is 536 g/mol. The minimum atomic E-state index is -3.20. The van der Waals surface area contributed by atoms with Gasteiger partial charge in [0.1, 0.15) is 11.1 Å². The number of hydroxylamine groups is 7. The topological polar surface area (TPSA) is 202 Å². The molecule has 2 rings (SSSR count). The zero-order valence-corrected chi connectivity index (χ0v) is 22.9. The summed E-state index contributed by atoms with van der Waals surface area (Å²) in [5.74, 6) is -5.59. The number of aliphatic carboxylic acids is 3. The average Bonchev–Trinajstić information content (AvgIpc) is 2.62. The van der Waals surface area contributed by atoms with Gasteiger partial charge >= 0.3 is 23.5 Å². The number of nitrogens with zero attached hydrogens (tertiary/aromatic N) is 2. The molecule has 0 aromatic heterocycles. The number of quaternary nitrogens is 2. The van der Waals surface area contributed by atoms with Crippen molar-refractivity contribution < 1.29 is 64.6 Å². The van der Waals surface area contributed by atoms with Crippen LogP contribution in [0.4, 0.5) is 0 Å². The molecule has 2 fully saturated rings. The smallest absolute Gasteiger partial charge is 0.369 e. The van der Waals surface area contributed by atoms with E-state index in [0.29, 0.717) is 0 Å². The molecule has 0 aliphatic carbocycles. The maximum atomic E-state index is 13.1. The summed E-state index contributed by atoms with van der Waals surface area (Å²) in [5, 5.41) is 76.1. The lowest BCUT2D eigenvalue weighted by molar-refractivity contribution is -1.31. The number of aliphatic hydroxyl groups is 2. The summed E-state index contributed by atoms with van der Waals surface area (Å²) >= 11 is 0. The van der Waals surface area contributed by atoms with Crippen molar-refractivity contribution in [3.63, 3.8) is 0 Å². The van der Waals surface area contributed by atoms with Crippen molar-refractivity contribution in [2.75, 3.05) is 0 Å². The molecule has 13 nitrogen and oxygen atoms in total. The number of piperidine rings is 2. The molecule has 0 saturated carbocycles. The fourth-order valence-electron chi connectivity index (χ4n) is 7.09. The minimum Gasteiger partial charge on any atom is -0.481 e. The first kappa shape index (κ1) is 31.3. The SMILES string of the molecule is CC1(C)CC(O)CC(C)(C)[N+]1(O)OC(CC(=O)O)(C(=O)O)C(C(=O)O)[N+]1(O)C(C)(C)CC(O)CC1(C)C. The Balaban J connectivity index is 2.97. The Bertz CT molecular complexity index is 909. The average molecular weight is 537 g/mol. The molecule has 214 valence electrons. The third-order valence-electron chi connectivity index (χ3n) is 8.55. The van der Waals surface area contributed by atoms with E-state index in [9.17, 15) is 50.3 Å². The van der Waals surface area contributed by atoms with E-state index >= 15 is 0 Å². The van der Waals surface area contributed by atoms with E-state index in [2.05, 4.69) is 0 Å². The first-order valence-electron chi connectivity index (χ1n) is 12.3. The molecule has 13 heteroatoms. The van der Waals surface area contributed by atoms with E-state index in [0.717, 1.165) is 0 Å². The Morgan fingerprint density at radius 3 is 1.43 bits per heavy atom. The van der Waals surface area contributed by atoms with Crippen LogP contribution in [0.15, 0.2) is 0 Å². The second-order valence-corrected chi connectivity index (χ2v) is 13.2. The van der Waals surface area contributed by atoms with Crippen LogP contribution in [0.2, 0.25) is 0 Å². The highest BCUT2D eigenvalue weighted by Crippen LogP contribution is 2.52. The highest BCUT2D eigenvalue weighted by atomic mass is 16.9. The van der Waals surface area contributed by atoms with Crippen LogP contribution >= 0.6 is 0 Å². The van der Waals surface area contributed by atoms with E-state index in [1.165, 1.54) is 55.4 Å². The number of aliphatic hydroxyl groups excluding tert-OH is 2. The number of carbonyl (C=O) groups is 3. The molecule has 2 saturated heterocycles. The Morgan fingerprint density at radius 1 is 0.784 bits per heavy atom. The van der Waals surface area contributed by atoms with Crippen molar-refractivity contribution in [3.05, 3.63) is 0 Å². The van der Waals surface area contributed by atoms with Crippen molar-refractivity contribution in [1.82, 2.24) is 0 Å². The van der Waals surface area contributed by atoms with Gasteiger partial charge in [0.15, 0.2) is 11.1 Å². The Labute approximate surface area is 216 Å².